The van der Waals surface area contributed by atoms with Crippen molar-refractivity contribution in [2.45, 2.75) is 6.54 Å². The third-order valence-electron chi connectivity index (χ3n) is 3.46. The van der Waals surface area contributed by atoms with Gasteiger partial charge in [0.2, 0.25) is 0 Å². The summed E-state index contributed by atoms with van der Waals surface area (Å²) < 4.78 is 22.7. The Bertz CT molecular complexity index is 636. The standard InChI is InChI=1S/C16H21FN4O4/c1-24-10-18-15(22)13-8-20(7-12-3-5-14(17)6-4-12)21(9-13)16(23)19-11-25-2/h3-6,8H,7,9-11H2,1-2H3,(H,18,22)(H,19,23). The van der Waals surface area contributed by atoms with Gasteiger partial charge in [0, 0.05) is 20.4 Å². The summed E-state index contributed by atoms with van der Waals surface area (Å²) in [6, 6.07) is 5.53. The maximum absolute atomic E-state index is 13.1. The summed E-state index contributed by atoms with van der Waals surface area (Å²) in [5.74, 6) is -0.664. The van der Waals surface area contributed by atoms with E-state index < -0.39 is 6.03 Å². The predicted molar refractivity (Wildman–Crippen MR) is 87.2 cm³/mol. The van der Waals surface area contributed by atoms with Gasteiger partial charge in [-0.3, -0.25) is 9.80 Å². The number of halogens is 1. The van der Waals surface area contributed by atoms with E-state index in [4.69, 9.17) is 9.47 Å². The molecule has 1 aromatic rings. The maximum Gasteiger partial charge on any atom is 0.338 e. The molecular weight excluding hydrogens is 331 g/mol. The number of hydrogen-bond acceptors (Lipinski definition) is 5. The lowest BCUT2D eigenvalue weighted by Gasteiger charge is -2.29. The fourth-order valence-corrected chi connectivity index (χ4v) is 2.25. The Morgan fingerprint density at radius 1 is 1.12 bits per heavy atom. The first-order valence-electron chi connectivity index (χ1n) is 7.58. The summed E-state index contributed by atoms with van der Waals surface area (Å²) in [6.45, 7) is 0.531. The van der Waals surface area contributed by atoms with Gasteiger partial charge in [0.05, 0.1) is 18.7 Å². The first-order valence-corrected chi connectivity index (χ1v) is 7.58. The second-order valence-electron chi connectivity index (χ2n) is 5.29. The van der Waals surface area contributed by atoms with Crippen molar-refractivity contribution >= 4 is 11.9 Å². The molecule has 1 aliphatic heterocycles. The normalized spacial score (nSPS) is 13.6. The molecule has 0 radical (unpaired) electrons. The van der Waals surface area contributed by atoms with Gasteiger partial charge in [-0.05, 0) is 17.7 Å². The number of methoxy groups -OCH3 is 2. The van der Waals surface area contributed by atoms with Gasteiger partial charge in [-0.15, -0.1) is 0 Å². The summed E-state index contributed by atoms with van der Waals surface area (Å²) in [5, 5.41) is 8.13. The average Bonchev–Trinajstić information content (AvgIpc) is 3.03. The van der Waals surface area contributed by atoms with E-state index in [2.05, 4.69) is 10.6 Å². The Labute approximate surface area is 145 Å². The minimum Gasteiger partial charge on any atom is -0.364 e. The van der Waals surface area contributed by atoms with Crippen molar-refractivity contribution < 1.29 is 23.5 Å². The van der Waals surface area contributed by atoms with Crippen LogP contribution in [0.4, 0.5) is 9.18 Å². The van der Waals surface area contributed by atoms with E-state index in [0.29, 0.717) is 12.1 Å². The van der Waals surface area contributed by atoms with E-state index in [1.165, 1.54) is 31.4 Å². The highest BCUT2D eigenvalue weighted by molar-refractivity contribution is 5.95. The van der Waals surface area contributed by atoms with Crippen LogP contribution in [0.5, 0.6) is 0 Å². The van der Waals surface area contributed by atoms with E-state index in [9.17, 15) is 14.0 Å². The molecule has 136 valence electrons. The maximum atomic E-state index is 13.1. The number of nitrogens with one attached hydrogen (secondary N) is 2. The van der Waals surface area contributed by atoms with Crippen molar-refractivity contribution in [3.63, 3.8) is 0 Å². The van der Waals surface area contributed by atoms with Crippen LogP contribution in [0.15, 0.2) is 36.0 Å². The third kappa shape index (κ3) is 5.16. The number of rotatable bonds is 7. The second-order valence-corrected chi connectivity index (χ2v) is 5.29. The molecule has 0 spiro atoms. The van der Waals surface area contributed by atoms with Crippen molar-refractivity contribution in [2.24, 2.45) is 0 Å². The quantitative estimate of drug-likeness (QED) is 0.709. The Balaban J connectivity index is 2.12. The highest BCUT2D eigenvalue weighted by Crippen LogP contribution is 2.19. The molecule has 3 amide bonds. The van der Waals surface area contributed by atoms with Gasteiger partial charge in [-0.25, -0.2) is 14.2 Å². The number of benzene rings is 1. The molecule has 0 saturated heterocycles. The summed E-state index contributed by atoms with van der Waals surface area (Å²) in [4.78, 5) is 24.4. The summed E-state index contributed by atoms with van der Waals surface area (Å²) >= 11 is 0. The number of urea groups is 1. The summed E-state index contributed by atoms with van der Waals surface area (Å²) in [7, 11) is 2.93. The molecule has 2 rings (SSSR count). The van der Waals surface area contributed by atoms with E-state index in [0.717, 1.165) is 5.56 Å². The highest BCUT2D eigenvalue weighted by Gasteiger charge is 2.29. The minimum absolute atomic E-state index is 0.0466. The molecule has 1 heterocycles. The zero-order valence-electron chi connectivity index (χ0n) is 14.1. The Hall–Kier alpha value is -2.65. The zero-order chi connectivity index (χ0) is 18.2. The van der Waals surface area contributed by atoms with Gasteiger partial charge >= 0.3 is 6.03 Å². The van der Waals surface area contributed by atoms with Crippen LogP contribution in [0.1, 0.15) is 5.56 Å². The second kappa shape index (κ2) is 9.00. The minimum atomic E-state index is -0.408. The topological polar surface area (TPSA) is 83.1 Å². The molecule has 0 unspecified atom stereocenters. The molecule has 0 aliphatic carbocycles. The van der Waals surface area contributed by atoms with Gasteiger partial charge in [-0.2, -0.15) is 0 Å². The van der Waals surface area contributed by atoms with Crippen LogP contribution in [-0.2, 0) is 20.8 Å². The van der Waals surface area contributed by atoms with E-state index in [-0.39, 0.29) is 31.7 Å². The molecule has 0 fully saturated rings. The SMILES string of the molecule is COCNC(=O)C1=CN(Cc2ccc(F)cc2)N(C(=O)NCOC)C1. The van der Waals surface area contributed by atoms with Gasteiger partial charge in [0.25, 0.3) is 5.91 Å². The fraction of sp³-hybridized carbons (Fsp3) is 0.375. The number of ether oxygens (including phenoxy) is 2. The molecule has 2 N–H and O–H groups in total. The largest absolute Gasteiger partial charge is 0.364 e. The van der Waals surface area contributed by atoms with Crippen LogP contribution in [0.3, 0.4) is 0 Å². The Morgan fingerprint density at radius 3 is 2.40 bits per heavy atom. The molecule has 8 nitrogen and oxygen atoms in total. The van der Waals surface area contributed by atoms with Gasteiger partial charge in [0.1, 0.15) is 19.3 Å². The van der Waals surface area contributed by atoms with Crippen LogP contribution < -0.4 is 10.6 Å². The Kier molecular flexibility index (Phi) is 6.72. The first kappa shape index (κ1) is 18.7. The van der Waals surface area contributed by atoms with E-state index >= 15 is 0 Å². The molecule has 1 aliphatic rings. The molecular formula is C16H21FN4O4. The van der Waals surface area contributed by atoms with Gasteiger partial charge < -0.3 is 20.1 Å². The number of carbonyl (C=O) groups excluding carboxylic acids is 2. The van der Waals surface area contributed by atoms with Crippen LogP contribution in [0.2, 0.25) is 0 Å². The van der Waals surface area contributed by atoms with Gasteiger partial charge in [-0.1, -0.05) is 12.1 Å². The number of amides is 3. The van der Waals surface area contributed by atoms with Crippen LogP contribution in [0, 0.1) is 5.82 Å². The Morgan fingerprint density at radius 2 is 1.76 bits per heavy atom. The molecule has 0 atom stereocenters. The predicted octanol–water partition coefficient (Wildman–Crippen LogP) is 0.776. The summed E-state index contributed by atoms with van der Waals surface area (Å²) in [5.41, 5.74) is 1.20. The fourth-order valence-electron chi connectivity index (χ4n) is 2.25. The van der Waals surface area contributed by atoms with Crippen LogP contribution in [-0.4, -0.2) is 56.2 Å². The molecule has 9 heteroatoms. The van der Waals surface area contributed by atoms with E-state index in [1.54, 1.807) is 23.3 Å². The number of hydrazine groups is 1. The zero-order valence-corrected chi connectivity index (χ0v) is 14.1. The van der Waals surface area contributed by atoms with Crippen molar-refractivity contribution in [1.82, 2.24) is 20.7 Å². The lowest BCUT2D eigenvalue weighted by atomic mass is 10.2. The number of hydrogen-bond donors (Lipinski definition) is 2. The molecule has 25 heavy (non-hydrogen) atoms. The van der Waals surface area contributed by atoms with Crippen molar-refractivity contribution in [3.05, 3.63) is 47.4 Å². The lowest BCUT2D eigenvalue weighted by molar-refractivity contribution is -0.118. The molecule has 0 saturated carbocycles. The summed E-state index contributed by atoms with van der Waals surface area (Å²) in [6.07, 6.45) is 1.58. The lowest BCUT2D eigenvalue weighted by Crippen LogP contribution is -2.46. The average molecular weight is 352 g/mol. The van der Waals surface area contributed by atoms with Gasteiger partial charge in [0.15, 0.2) is 0 Å². The molecule has 0 bridgehead atoms. The highest BCUT2D eigenvalue weighted by atomic mass is 19.1. The van der Waals surface area contributed by atoms with Crippen LogP contribution >= 0.6 is 0 Å². The van der Waals surface area contributed by atoms with Crippen molar-refractivity contribution in [1.29, 1.82) is 0 Å². The molecule has 0 aromatic heterocycles. The monoisotopic (exact) mass is 352 g/mol. The van der Waals surface area contributed by atoms with Crippen molar-refractivity contribution in [2.75, 3.05) is 34.2 Å². The number of nitrogens with zero attached hydrogens (tertiary/aromatic N) is 2. The number of carbonyl (C=O) groups is 2. The van der Waals surface area contributed by atoms with Crippen LogP contribution in [0.25, 0.3) is 0 Å². The third-order valence-corrected chi connectivity index (χ3v) is 3.46. The smallest absolute Gasteiger partial charge is 0.338 e. The van der Waals surface area contributed by atoms with Crippen molar-refractivity contribution in [3.8, 4) is 0 Å². The molecule has 1 aromatic carbocycles. The first-order chi connectivity index (χ1) is 12.0. The van der Waals surface area contributed by atoms with E-state index in [1.807, 2.05) is 0 Å².